The van der Waals surface area contributed by atoms with Crippen LogP contribution in [0.5, 0.6) is 5.75 Å². The fraction of sp³-hybridized carbons (Fsp3) is 0.160. The van der Waals surface area contributed by atoms with E-state index in [9.17, 15) is 10.1 Å². The fourth-order valence-corrected chi connectivity index (χ4v) is 3.81. The van der Waals surface area contributed by atoms with E-state index in [4.69, 9.17) is 16.3 Å². The van der Waals surface area contributed by atoms with Crippen LogP contribution in [-0.2, 0) is 0 Å². The molecule has 8 heteroatoms. The largest absolute Gasteiger partial charge is 0.425 e. The molecule has 1 atom stereocenters. The number of para-hydroxylation sites is 1. The number of benzene rings is 3. The van der Waals surface area contributed by atoms with Crippen molar-refractivity contribution in [1.29, 1.82) is 5.26 Å². The molecule has 1 unspecified atom stereocenters. The Labute approximate surface area is 197 Å². The average molecular weight is 460 g/mol. The van der Waals surface area contributed by atoms with E-state index in [1.54, 1.807) is 41.3 Å². The summed E-state index contributed by atoms with van der Waals surface area (Å²) in [5.74, 6) is 0.589. The van der Waals surface area contributed by atoms with Gasteiger partial charge in [0.05, 0.1) is 6.04 Å². The molecule has 1 fully saturated rings. The number of amidine groups is 1. The molecule has 1 heterocycles. The van der Waals surface area contributed by atoms with Crippen molar-refractivity contribution in [1.82, 2.24) is 9.80 Å². The van der Waals surface area contributed by atoms with E-state index in [1.807, 2.05) is 59.6 Å². The number of aliphatic imine (C=N–C) groups is 1. The number of nitrogens with one attached hydrogen (secondary N) is 1. The highest BCUT2D eigenvalue weighted by Gasteiger charge is 2.34. The van der Waals surface area contributed by atoms with Crippen LogP contribution >= 0.6 is 11.6 Å². The zero-order valence-corrected chi connectivity index (χ0v) is 18.5. The number of nitriles is 1. The number of amides is 2. The van der Waals surface area contributed by atoms with Crippen molar-refractivity contribution in [3.8, 4) is 11.9 Å². The van der Waals surface area contributed by atoms with E-state index in [-0.39, 0.29) is 18.1 Å². The van der Waals surface area contributed by atoms with E-state index in [2.05, 4.69) is 10.3 Å². The normalized spacial score (nSPS) is 16.1. The summed E-state index contributed by atoms with van der Waals surface area (Å²) in [6.45, 7) is 1.30. The SMILES string of the molecule is N#CN=C(Oc1ccccc1)N1CCN(C(=O)Nc2ccc(Cl)cc2)C(c2ccccc2)C1. The van der Waals surface area contributed by atoms with E-state index in [1.165, 1.54) is 0 Å². The number of ether oxygens (including phenoxy) is 1. The lowest BCUT2D eigenvalue weighted by molar-refractivity contribution is 0.128. The summed E-state index contributed by atoms with van der Waals surface area (Å²) in [4.78, 5) is 20.8. The molecule has 0 saturated carbocycles. The number of rotatable bonds is 3. The molecule has 0 spiro atoms. The Balaban J connectivity index is 1.56. The average Bonchev–Trinajstić information content (AvgIpc) is 2.86. The summed E-state index contributed by atoms with van der Waals surface area (Å²) in [6.07, 6.45) is 1.83. The van der Waals surface area contributed by atoms with Crippen molar-refractivity contribution in [3.63, 3.8) is 0 Å². The molecule has 1 saturated heterocycles. The van der Waals surface area contributed by atoms with Crippen LogP contribution in [0.2, 0.25) is 5.02 Å². The fourth-order valence-electron chi connectivity index (χ4n) is 3.68. The first-order chi connectivity index (χ1) is 16.1. The van der Waals surface area contributed by atoms with Crippen molar-refractivity contribution >= 4 is 29.3 Å². The Morgan fingerprint density at radius 3 is 2.33 bits per heavy atom. The molecule has 3 aromatic rings. The minimum absolute atomic E-state index is 0.211. The summed E-state index contributed by atoms with van der Waals surface area (Å²) in [7, 11) is 0. The lowest BCUT2D eigenvalue weighted by Crippen LogP contribution is -2.54. The van der Waals surface area contributed by atoms with Crippen molar-refractivity contribution < 1.29 is 9.53 Å². The highest BCUT2D eigenvalue weighted by Crippen LogP contribution is 2.27. The molecule has 1 aliphatic heterocycles. The smallest absolute Gasteiger partial charge is 0.322 e. The number of urea groups is 1. The molecule has 0 aromatic heterocycles. The topological polar surface area (TPSA) is 81.0 Å². The zero-order valence-electron chi connectivity index (χ0n) is 17.8. The number of carbonyl (C=O) groups excluding carboxylic acids is 1. The van der Waals surface area contributed by atoms with E-state index < -0.39 is 0 Å². The van der Waals surface area contributed by atoms with Gasteiger partial charge >= 0.3 is 12.1 Å². The van der Waals surface area contributed by atoms with Crippen LogP contribution < -0.4 is 10.1 Å². The van der Waals surface area contributed by atoms with Crippen LogP contribution in [0.25, 0.3) is 0 Å². The van der Waals surface area contributed by atoms with Gasteiger partial charge < -0.3 is 19.9 Å². The summed E-state index contributed by atoms with van der Waals surface area (Å²) in [6, 6.07) is 25.7. The molecule has 1 aliphatic rings. The second kappa shape index (κ2) is 10.5. The molecule has 7 nitrogen and oxygen atoms in total. The van der Waals surface area contributed by atoms with Gasteiger partial charge in [-0.25, -0.2) is 4.79 Å². The third-order valence-electron chi connectivity index (χ3n) is 5.29. The molecule has 2 amide bonds. The van der Waals surface area contributed by atoms with E-state index in [0.29, 0.717) is 36.1 Å². The maximum atomic E-state index is 13.2. The van der Waals surface area contributed by atoms with Crippen LogP contribution in [0.15, 0.2) is 89.9 Å². The van der Waals surface area contributed by atoms with Gasteiger partial charge in [-0.3, -0.25) is 0 Å². The number of hydrogen-bond donors (Lipinski definition) is 1. The van der Waals surface area contributed by atoms with Gasteiger partial charge in [0.15, 0.2) is 0 Å². The minimum Gasteiger partial charge on any atom is -0.425 e. The van der Waals surface area contributed by atoms with Gasteiger partial charge in [-0.2, -0.15) is 5.26 Å². The molecule has 1 N–H and O–H groups in total. The van der Waals surface area contributed by atoms with Crippen molar-refractivity contribution in [2.75, 3.05) is 25.0 Å². The summed E-state index contributed by atoms with van der Waals surface area (Å²) in [5, 5.41) is 12.8. The van der Waals surface area contributed by atoms with Gasteiger partial charge in [0.2, 0.25) is 6.19 Å². The molecular formula is C25H22ClN5O2. The highest BCUT2D eigenvalue weighted by molar-refractivity contribution is 6.30. The molecule has 3 aromatic carbocycles. The predicted octanol–water partition coefficient (Wildman–Crippen LogP) is 5.15. The number of hydrogen-bond acceptors (Lipinski definition) is 4. The van der Waals surface area contributed by atoms with Gasteiger partial charge in [-0.15, -0.1) is 4.99 Å². The Kier molecular flexibility index (Phi) is 7.08. The number of carbonyl (C=O) groups is 1. The Bertz CT molecular complexity index is 1150. The molecule has 0 radical (unpaired) electrons. The molecule has 0 aliphatic carbocycles. The van der Waals surface area contributed by atoms with Crippen molar-refractivity contribution in [2.45, 2.75) is 6.04 Å². The molecular weight excluding hydrogens is 438 g/mol. The monoisotopic (exact) mass is 459 g/mol. The molecule has 4 rings (SSSR count). The van der Waals surface area contributed by atoms with Gasteiger partial charge in [0.1, 0.15) is 5.75 Å². The quantitative estimate of drug-likeness (QED) is 0.334. The second-order valence-corrected chi connectivity index (χ2v) is 7.85. The Morgan fingerprint density at radius 1 is 1.00 bits per heavy atom. The van der Waals surface area contributed by atoms with Gasteiger partial charge in [0.25, 0.3) is 0 Å². The van der Waals surface area contributed by atoms with Crippen LogP contribution in [0.4, 0.5) is 10.5 Å². The van der Waals surface area contributed by atoms with E-state index in [0.717, 1.165) is 5.56 Å². The third kappa shape index (κ3) is 5.62. The van der Waals surface area contributed by atoms with Gasteiger partial charge in [0, 0.05) is 30.3 Å². The van der Waals surface area contributed by atoms with Gasteiger partial charge in [-0.05, 0) is 42.0 Å². The van der Waals surface area contributed by atoms with Crippen molar-refractivity contribution in [3.05, 3.63) is 95.5 Å². The Hall–Kier alpha value is -4.02. The molecule has 166 valence electrons. The standard InChI is InChI=1S/C25H22ClN5O2/c26-20-11-13-21(14-12-20)29-24(32)31-16-15-30(17-23(31)19-7-3-1-4-8-19)25(28-18-27)33-22-9-5-2-6-10-22/h1-14,23H,15-17H2,(H,29,32). The first-order valence-electron chi connectivity index (χ1n) is 10.5. The zero-order chi connectivity index (χ0) is 23.0. The lowest BCUT2D eigenvalue weighted by Gasteiger charge is -2.42. The first kappa shape index (κ1) is 22.2. The number of nitrogens with zero attached hydrogens (tertiary/aromatic N) is 4. The minimum atomic E-state index is -0.268. The van der Waals surface area contributed by atoms with Gasteiger partial charge in [-0.1, -0.05) is 60.1 Å². The lowest BCUT2D eigenvalue weighted by atomic mass is 10.0. The number of piperazine rings is 1. The summed E-state index contributed by atoms with van der Waals surface area (Å²) in [5.41, 5.74) is 1.64. The predicted molar refractivity (Wildman–Crippen MR) is 128 cm³/mol. The highest BCUT2D eigenvalue weighted by atomic mass is 35.5. The first-order valence-corrected chi connectivity index (χ1v) is 10.8. The number of halogens is 1. The van der Waals surface area contributed by atoms with Crippen LogP contribution in [-0.4, -0.2) is 41.5 Å². The molecule has 0 bridgehead atoms. The van der Waals surface area contributed by atoms with E-state index >= 15 is 0 Å². The molecule has 33 heavy (non-hydrogen) atoms. The van der Waals surface area contributed by atoms with Crippen LogP contribution in [0.1, 0.15) is 11.6 Å². The van der Waals surface area contributed by atoms with Crippen molar-refractivity contribution in [2.24, 2.45) is 4.99 Å². The summed E-state index contributed by atoms with van der Waals surface area (Å²) < 4.78 is 5.90. The summed E-state index contributed by atoms with van der Waals surface area (Å²) >= 11 is 5.95. The second-order valence-electron chi connectivity index (χ2n) is 7.41. The maximum Gasteiger partial charge on any atom is 0.322 e. The maximum absolute atomic E-state index is 13.2. The Morgan fingerprint density at radius 2 is 1.67 bits per heavy atom. The van der Waals surface area contributed by atoms with Crippen LogP contribution in [0, 0.1) is 11.5 Å². The number of anilines is 1. The van der Waals surface area contributed by atoms with Crippen LogP contribution in [0.3, 0.4) is 0 Å². The third-order valence-corrected chi connectivity index (χ3v) is 5.54.